The number of hydrogen-bond donors (Lipinski definition) is 1. The summed E-state index contributed by atoms with van der Waals surface area (Å²) in [6.45, 7) is 12.7. The van der Waals surface area contributed by atoms with E-state index in [1.165, 1.54) is 38.5 Å². The highest BCUT2D eigenvalue weighted by molar-refractivity contribution is 5.70. The molecule has 0 unspecified atom stereocenters. The van der Waals surface area contributed by atoms with Crippen LogP contribution in [0.25, 0.3) is 0 Å². The second-order valence-corrected chi connectivity index (χ2v) is 14.0. The number of rotatable bonds is 6. The SMILES string of the molecule is C/C(=C\C=C\[C@H](C)c1ncccn1)[C@H]1OC(=O)C[C@H](C)CC[C@@](C)(O)[C@@H](OC(=O)N2CCN(C3CCCCCC3)CC2)/C=C/[C@@H]1C. The Kier molecular flexibility index (Phi) is 13.4. The molecule has 1 aliphatic carbocycles. The van der Waals surface area contributed by atoms with Gasteiger partial charge in [-0.05, 0) is 63.2 Å². The predicted molar refractivity (Wildman–Crippen MR) is 180 cm³/mol. The molecule has 1 saturated heterocycles. The van der Waals surface area contributed by atoms with Crippen LogP contribution in [-0.2, 0) is 14.3 Å². The molecule has 2 fully saturated rings. The monoisotopic (exact) mass is 636 g/mol. The van der Waals surface area contributed by atoms with Crippen molar-refractivity contribution in [2.75, 3.05) is 26.2 Å². The first-order valence-electron chi connectivity index (χ1n) is 17.4. The van der Waals surface area contributed by atoms with Crippen molar-refractivity contribution in [3.8, 4) is 0 Å². The van der Waals surface area contributed by atoms with Gasteiger partial charge in [0.2, 0.25) is 0 Å². The van der Waals surface area contributed by atoms with Crippen LogP contribution in [0.1, 0.15) is 104 Å². The van der Waals surface area contributed by atoms with Crippen molar-refractivity contribution >= 4 is 12.1 Å². The molecule has 1 saturated carbocycles. The maximum absolute atomic E-state index is 13.4. The summed E-state index contributed by atoms with van der Waals surface area (Å²) in [5.74, 6) is 0.286. The van der Waals surface area contributed by atoms with Crippen molar-refractivity contribution in [1.29, 1.82) is 0 Å². The highest BCUT2D eigenvalue weighted by Gasteiger charge is 2.37. The average Bonchev–Trinajstić information content (AvgIpc) is 3.34. The summed E-state index contributed by atoms with van der Waals surface area (Å²) in [7, 11) is 0. The topological polar surface area (TPSA) is 105 Å². The minimum absolute atomic E-state index is 0.00246. The summed E-state index contributed by atoms with van der Waals surface area (Å²) in [6, 6.07) is 2.41. The Morgan fingerprint density at radius 2 is 1.74 bits per heavy atom. The van der Waals surface area contributed by atoms with Gasteiger partial charge in [-0.25, -0.2) is 14.8 Å². The Morgan fingerprint density at radius 3 is 2.41 bits per heavy atom. The predicted octanol–water partition coefficient (Wildman–Crippen LogP) is 6.60. The van der Waals surface area contributed by atoms with Crippen LogP contribution in [0.3, 0.4) is 0 Å². The lowest BCUT2D eigenvalue weighted by Gasteiger charge is -2.40. The maximum Gasteiger partial charge on any atom is 0.410 e. The van der Waals surface area contributed by atoms with Gasteiger partial charge in [-0.2, -0.15) is 0 Å². The van der Waals surface area contributed by atoms with Crippen molar-refractivity contribution in [3.63, 3.8) is 0 Å². The molecule has 0 spiro atoms. The molecule has 254 valence electrons. The fourth-order valence-electron chi connectivity index (χ4n) is 6.80. The smallest absolute Gasteiger partial charge is 0.410 e. The van der Waals surface area contributed by atoms with Gasteiger partial charge >= 0.3 is 12.1 Å². The van der Waals surface area contributed by atoms with Crippen LogP contribution in [-0.4, -0.2) is 87.0 Å². The van der Waals surface area contributed by atoms with E-state index < -0.39 is 17.8 Å². The molecule has 0 radical (unpaired) electrons. The van der Waals surface area contributed by atoms with Gasteiger partial charge in [0.05, 0.1) is 0 Å². The first kappa shape index (κ1) is 35.8. The third-order valence-corrected chi connectivity index (χ3v) is 9.94. The molecule has 2 aliphatic heterocycles. The van der Waals surface area contributed by atoms with Crippen LogP contribution in [0.4, 0.5) is 4.79 Å². The summed E-state index contributed by atoms with van der Waals surface area (Å²) < 4.78 is 12.1. The van der Waals surface area contributed by atoms with Crippen LogP contribution in [0, 0.1) is 11.8 Å². The fourth-order valence-corrected chi connectivity index (χ4v) is 6.80. The van der Waals surface area contributed by atoms with Crippen LogP contribution in [0.2, 0.25) is 0 Å². The number of aromatic nitrogens is 2. The molecular formula is C37H56N4O5. The lowest BCUT2D eigenvalue weighted by Crippen LogP contribution is -2.53. The van der Waals surface area contributed by atoms with Crippen LogP contribution in [0.5, 0.6) is 0 Å². The zero-order chi connectivity index (χ0) is 33.1. The summed E-state index contributed by atoms with van der Waals surface area (Å²) in [6.07, 6.45) is 20.3. The number of amides is 1. The van der Waals surface area contributed by atoms with E-state index in [0.29, 0.717) is 32.0 Å². The van der Waals surface area contributed by atoms with Gasteiger partial charge in [-0.15, -0.1) is 0 Å². The number of esters is 1. The molecule has 1 aromatic rings. The molecule has 0 bridgehead atoms. The molecule has 46 heavy (non-hydrogen) atoms. The number of aliphatic hydroxyl groups is 1. The molecule has 9 heteroatoms. The van der Waals surface area contributed by atoms with Gasteiger partial charge < -0.3 is 19.5 Å². The molecule has 1 amide bonds. The van der Waals surface area contributed by atoms with Crippen molar-refractivity contribution < 1.29 is 24.2 Å². The standard InChI is InChI=1S/C37H56N4O5/c1-27-18-19-37(5,44)32(45-36(43)41-24-22-40(23-25-41)31-14-8-6-7-9-15-31)17-16-29(3)34(46-33(42)26-27)28(2)12-10-13-30(4)35-38-20-11-21-39-35/h10-13,16-17,20-21,27,29-32,34,44H,6-9,14-15,18-19,22-26H2,1-5H3/b13-10+,17-16+,28-12+/t27-,29+,30+,32+,34-,37-/m1/s1. The van der Waals surface area contributed by atoms with Gasteiger partial charge in [0.1, 0.15) is 17.5 Å². The number of nitrogens with zero attached hydrogens (tertiary/aromatic N) is 4. The minimum atomic E-state index is -1.29. The van der Waals surface area contributed by atoms with Crippen molar-refractivity contribution in [2.24, 2.45) is 11.8 Å². The van der Waals surface area contributed by atoms with Gasteiger partial charge in [-0.3, -0.25) is 9.69 Å². The van der Waals surface area contributed by atoms with E-state index in [0.717, 1.165) is 24.5 Å². The van der Waals surface area contributed by atoms with E-state index in [2.05, 4.69) is 14.9 Å². The third-order valence-electron chi connectivity index (χ3n) is 9.94. The Hall–Kier alpha value is -3.04. The summed E-state index contributed by atoms with van der Waals surface area (Å²) in [5, 5.41) is 11.6. The number of carbonyl (C=O) groups excluding carboxylic acids is 2. The lowest BCUT2D eigenvalue weighted by molar-refractivity contribution is -0.150. The fraction of sp³-hybridized carbons (Fsp3) is 0.676. The Labute approximate surface area is 276 Å². The molecule has 3 heterocycles. The van der Waals surface area contributed by atoms with E-state index in [1.54, 1.807) is 36.4 Å². The van der Waals surface area contributed by atoms with Gasteiger partial charge in [0.15, 0.2) is 6.10 Å². The summed E-state index contributed by atoms with van der Waals surface area (Å²) in [5.41, 5.74) is -0.399. The second kappa shape index (κ2) is 17.2. The third kappa shape index (κ3) is 10.5. The number of allylic oxidation sites excluding steroid dienone is 3. The Morgan fingerprint density at radius 1 is 1.07 bits per heavy atom. The van der Waals surface area contributed by atoms with Gasteiger partial charge in [0, 0.05) is 62.9 Å². The largest absolute Gasteiger partial charge is 0.457 e. The zero-order valence-electron chi connectivity index (χ0n) is 28.6. The van der Waals surface area contributed by atoms with Crippen molar-refractivity contribution in [3.05, 3.63) is 60.2 Å². The van der Waals surface area contributed by atoms with E-state index >= 15 is 0 Å². The van der Waals surface area contributed by atoms with Gasteiger partial charge in [0.25, 0.3) is 0 Å². The average molecular weight is 637 g/mol. The number of carbonyl (C=O) groups is 2. The molecule has 9 nitrogen and oxygen atoms in total. The minimum Gasteiger partial charge on any atom is -0.457 e. The van der Waals surface area contributed by atoms with Crippen LogP contribution >= 0.6 is 0 Å². The van der Waals surface area contributed by atoms with Crippen molar-refractivity contribution in [1.82, 2.24) is 19.8 Å². The Bertz CT molecular complexity index is 1200. The number of cyclic esters (lactones) is 1. The molecule has 4 rings (SSSR count). The molecule has 1 N–H and O–H groups in total. The lowest BCUT2D eigenvalue weighted by atomic mass is 9.87. The van der Waals surface area contributed by atoms with Gasteiger partial charge in [-0.1, -0.05) is 70.8 Å². The van der Waals surface area contributed by atoms with Crippen molar-refractivity contribution in [2.45, 2.75) is 122 Å². The van der Waals surface area contributed by atoms with E-state index in [9.17, 15) is 14.7 Å². The number of piperazine rings is 1. The molecule has 0 aromatic carbocycles. The van der Waals surface area contributed by atoms with Crippen LogP contribution < -0.4 is 0 Å². The number of hydrogen-bond acceptors (Lipinski definition) is 8. The summed E-state index contributed by atoms with van der Waals surface area (Å²) in [4.78, 5) is 39.4. The Balaban J connectivity index is 1.45. The van der Waals surface area contributed by atoms with E-state index in [4.69, 9.17) is 9.47 Å². The summed E-state index contributed by atoms with van der Waals surface area (Å²) >= 11 is 0. The highest BCUT2D eigenvalue weighted by Crippen LogP contribution is 2.29. The second-order valence-electron chi connectivity index (χ2n) is 14.0. The highest BCUT2D eigenvalue weighted by atomic mass is 16.6. The first-order chi connectivity index (χ1) is 22.0. The normalized spacial score (nSPS) is 31.3. The first-order valence-corrected chi connectivity index (χ1v) is 17.4. The molecule has 3 aliphatic rings. The maximum atomic E-state index is 13.4. The van der Waals surface area contributed by atoms with Crippen LogP contribution in [0.15, 0.2) is 54.4 Å². The quantitative estimate of drug-likeness (QED) is 0.161. The molecule has 6 atom stereocenters. The number of ether oxygens (including phenoxy) is 2. The van der Waals surface area contributed by atoms with E-state index in [-0.39, 0.29) is 36.2 Å². The zero-order valence-corrected chi connectivity index (χ0v) is 28.6. The molecule has 1 aromatic heterocycles. The molecular weight excluding hydrogens is 580 g/mol. The van der Waals surface area contributed by atoms with E-state index in [1.807, 2.05) is 52.0 Å².